The summed E-state index contributed by atoms with van der Waals surface area (Å²) in [7, 11) is 0. The normalized spacial score (nSPS) is 11.6. The van der Waals surface area contributed by atoms with Gasteiger partial charge < -0.3 is 10.6 Å². The van der Waals surface area contributed by atoms with Gasteiger partial charge in [-0.25, -0.2) is 4.98 Å². The zero-order valence-electron chi connectivity index (χ0n) is 10.2. The zero-order chi connectivity index (χ0) is 12.2. The Morgan fingerprint density at radius 3 is 2.56 bits per heavy atom. The highest BCUT2D eigenvalue weighted by Gasteiger charge is 2.20. The van der Waals surface area contributed by atoms with Crippen LogP contribution in [0.2, 0.25) is 0 Å². The fraction of sp³-hybridized carbons (Fsp3) is 0.583. The molecule has 1 aromatic rings. The summed E-state index contributed by atoms with van der Waals surface area (Å²) in [6.45, 7) is 9.03. The molecule has 0 spiro atoms. The molecule has 0 aromatic carbocycles. The van der Waals surface area contributed by atoms with E-state index in [2.05, 4.69) is 46.6 Å². The lowest BCUT2D eigenvalue weighted by Gasteiger charge is -2.31. The van der Waals surface area contributed by atoms with Gasteiger partial charge in [0.05, 0.1) is 0 Å². The smallest absolute Gasteiger partial charge is 0.128 e. The van der Waals surface area contributed by atoms with Gasteiger partial charge >= 0.3 is 0 Å². The molecule has 0 saturated heterocycles. The molecule has 0 saturated carbocycles. The molecule has 16 heavy (non-hydrogen) atoms. The van der Waals surface area contributed by atoms with E-state index in [1.54, 1.807) is 0 Å². The van der Waals surface area contributed by atoms with E-state index in [4.69, 9.17) is 5.73 Å². The van der Waals surface area contributed by atoms with Gasteiger partial charge in [0.25, 0.3) is 0 Å². The van der Waals surface area contributed by atoms with Gasteiger partial charge in [-0.1, -0.05) is 13.8 Å². The Kier molecular flexibility index (Phi) is 4.74. The molecule has 0 radical (unpaired) electrons. The standard InChI is InChI=1S/C12H20BrN3/c1-4-16(9-12(2,3)8-14)11-6-5-10(13)7-15-11/h5-7H,4,8-9,14H2,1-3H3. The lowest BCUT2D eigenvalue weighted by Crippen LogP contribution is -2.39. The predicted octanol–water partition coefficient (Wildman–Crippen LogP) is 2.66. The first-order valence-electron chi connectivity index (χ1n) is 5.55. The Morgan fingerprint density at radius 1 is 1.44 bits per heavy atom. The average molecular weight is 286 g/mol. The molecule has 0 aliphatic rings. The van der Waals surface area contributed by atoms with Crippen molar-refractivity contribution in [3.8, 4) is 0 Å². The number of pyridine rings is 1. The van der Waals surface area contributed by atoms with Crippen LogP contribution in [0.4, 0.5) is 5.82 Å². The number of aromatic nitrogens is 1. The van der Waals surface area contributed by atoms with Crippen molar-refractivity contribution < 1.29 is 0 Å². The first kappa shape index (κ1) is 13.5. The minimum Gasteiger partial charge on any atom is -0.356 e. The number of rotatable bonds is 5. The Morgan fingerprint density at radius 2 is 2.12 bits per heavy atom. The monoisotopic (exact) mass is 285 g/mol. The third kappa shape index (κ3) is 3.76. The topological polar surface area (TPSA) is 42.1 Å². The van der Waals surface area contributed by atoms with Crippen molar-refractivity contribution in [2.75, 3.05) is 24.5 Å². The van der Waals surface area contributed by atoms with Crippen molar-refractivity contribution >= 4 is 21.7 Å². The highest BCUT2D eigenvalue weighted by Crippen LogP contribution is 2.20. The molecule has 1 rings (SSSR count). The Labute approximate surface area is 106 Å². The maximum Gasteiger partial charge on any atom is 0.128 e. The van der Waals surface area contributed by atoms with Crippen LogP contribution in [0.5, 0.6) is 0 Å². The molecule has 0 unspecified atom stereocenters. The number of anilines is 1. The molecule has 0 bridgehead atoms. The zero-order valence-corrected chi connectivity index (χ0v) is 11.8. The first-order chi connectivity index (χ1) is 7.48. The van der Waals surface area contributed by atoms with Gasteiger partial charge in [-0.3, -0.25) is 0 Å². The van der Waals surface area contributed by atoms with Gasteiger partial charge in [-0.15, -0.1) is 0 Å². The van der Waals surface area contributed by atoms with E-state index in [0.29, 0.717) is 6.54 Å². The first-order valence-corrected chi connectivity index (χ1v) is 6.34. The minimum absolute atomic E-state index is 0.116. The van der Waals surface area contributed by atoms with Crippen LogP contribution in [0.1, 0.15) is 20.8 Å². The van der Waals surface area contributed by atoms with Crippen LogP contribution in [0.15, 0.2) is 22.8 Å². The van der Waals surface area contributed by atoms with Gasteiger partial charge in [0.15, 0.2) is 0 Å². The van der Waals surface area contributed by atoms with E-state index in [-0.39, 0.29) is 5.41 Å². The van der Waals surface area contributed by atoms with Crippen molar-refractivity contribution in [1.29, 1.82) is 0 Å². The Hall–Kier alpha value is -0.610. The molecule has 1 aromatic heterocycles. The molecule has 0 fully saturated rings. The lowest BCUT2D eigenvalue weighted by molar-refractivity contribution is 0.379. The van der Waals surface area contributed by atoms with E-state index in [1.165, 1.54) is 0 Å². The number of nitrogens with two attached hydrogens (primary N) is 1. The van der Waals surface area contributed by atoms with Crippen LogP contribution in [-0.4, -0.2) is 24.6 Å². The molecular formula is C12H20BrN3. The third-order valence-electron chi connectivity index (χ3n) is 2.59. The van der Waals surface area contributed by atoms with Crippen LogP contribution >= 0.6 is 15.9 Å². The second-order valence-electron chi connectivity index (χ2n) is 4.72. The molecule has 0 aliphatic carbocycles. The predicted molar refractivity (Wildman–Crippen MR) is 72.7 cm³/mol. The average Bonchev–Trinajstić information content (AvgIpc) is 2.27. The van der Waals surface area contributed by atoms with E-state index in [9.17, 15) is 0 Å². The maximum atomic E-state index is 5.76. The summed E-state index contributed by atoms with van der Waals surface area (Å²) in [6.07, 6.45) is 1.83. The van der Waals surface area contributed by atoms with Crippen molar-refractivity contribution in [2.24, 2.45) is 11.1 Å². The summed E-state index contributed by atoms with van der Waals surface area (Å²) >= 11 is 3.39. The van der Waals surface area contributed by atoms with E-state index in [1.807, 2.05) is 18.3 Å². The number of hydrogen-bond acceptors (Lipinski definition) is 3. The molecule has 0 aliphatic heterocycles. The van der Waals surface area contributed by atoms with Gasteiger partial charge in [-0.2, -0.15) is 0 Å². The van der Waals surface area contributed by atoms with Crippen LogP contribution < -0.4 is 10.6 Å². The van der Waals surface area contributed by atoms with Gasteiger partial charge in [0.2, 0.25) is 0 Å². The Balaban J connectivity index is 2.78. The molecule has 0 atom stereocenters. The van der Waals surface area contributed by atoms with Gasteiger partial charge in [0.1, 0.15) is 5.82 Å². The van der Waals surface area contributed by atoms with Crippen LogP contribution in [-0.2, 0) is 0 Å². The van der Waals surface area contributed by atoms with Crippen molar-refractivity contribution in [2.45, 2.75) is 20.8 Å². The summed E-state index contributed by atoms with van der Waals surface area (Å²) in [4.78, 5) is 6.66. The van der Waals surface area contributed by atoms with Gasteiger partial charge in [0, 0.05) is 23.8 Å². The number of halogens is 1. The third-order valence-corrected chi connectivity index (χ3v) is 3.06. The van der Waals surface area contributed by atoms with Gasteiger partial charge in [-0.05, 0) is 46.9 Å². The molecule has 1 heterocycles. The summed E-state index contributed by atoms with van der Waals surface area (Å²) in [5.74, 6) is 1.01. The van der Waals surface area contributed by atoms with Crippen molar-refractivity contribution in [3.05, 3.63) is 22.8 Å². The lowest BCUT2D eigenvalue weighted by atomic mass is 9.93. The largest absolute Gasteiger partial charge is 0.356 e. The quantitative estimate of drug-likeness (QED) is 0.904. The second kappa shape index (κ2) is 5.64. The maximum absolute atomic E-state index is 5.76. The fourth-order valence-corrected chi connectivity index (χ4v) is 1.73. The highest BCUT2D eigenvalue weighted by atomic mass is 79.9. The molecular weight excluding hydrogens is 266 g/mol. The summed E-state index contributed by atoms with van der Waals surface area (Å²) in [5.41, 5.74) is 5.87. The molecule has 4 heteroatoms. The van der Waals surface area contributed by atoms with E-state index in [0.717, 1.165) is 23.4 Å². The van der Waals surface area contributed by atoms with Crippen LogP contribution in [0.3, 0.4) is 0 Å². The fourth-order valence-electron chi connectivity index (χ4n) is 1.49. The summed E-state index contributed by atoms with van der Waals surface area (Å²) in [6, 6.07) is 4.04. The molecule has 90 valence electrons. The molecule has 3 nitrogen and oxygen atoms in total. The number of nitrogens with zero attached hydrogens (tertiary/aromatic N) is 2. The summed E-state index contributed by atoms with van der Waals surface area (Å²) < 4.78 is 1.00. The van der Waals surface area contributed by atoms with Crippen LogP contribution in [0.25, 0.3) is 0 Å². The highest BCUT2D eigenvalue weighted by molar-refractivity contribution is 9.10. The molecule has 0 amide bonds. The van der Waals surface area contributed by atoms with Crippen LogP contribution in [0, 0.1) is 5.41 Å². The van der Waals surface area contributed by atoms with E-state index < -0.39 is 0 Å². The molecule has 2 N–H and O–H groups in total. The van der Waals surface area contributed by atoms with Crippen molar-refractivity contribution in [3.63, 3.8) is 0 Å². The van der Waals surface area contributed by atoms with E-state index >= 15 is 0 Å². The minimum atomic E-state index is 0.116. The Bertz CT molecular complexity index is 322. The summed E-state index contributed by atoms with van der Waals surface area (Å²) in [5, 5.41) is 0. The second-order valence-corrected chi connectivity index (χ2v) is 5.63. The van der Waals surface area contributed by atoms with Crippen molar-refractivity contribution in [1.82, 2.24) is 4.98 Å². The number of hydrogen-bond donors (Lipinski definition) is 1. The SMILES string of the molecule is CCN(CC(C)(C)CN)c1ccc(Br)cn1.